The molecule has 6 nitrogen and oxygen atoms in total. The molecule has 2 unspecified atom stereocenters. The molecular weight excluding hydrogens is 228 g/mol. The number of rotatable bonds is 4. The standard InChI is InChI=1S/C12H24N6/c1-5-10-7-18(12(3,6-2)9-13-10)8-11-14-16-17(4)15-11/h10,13H,5-9H2,1-4H3. The molecule has 1 N–H and O–H groups in total. The molecule has 1 aromatic rings. The van der Waals surface area contributed by atoms with Gasteiger partial charge in [-0.15, -0.1) is 10.2 Å². The molecule has 2 atom stereocenters. The quantitative estimate of drug-likeness (QED) is 0.848. The van der Waals surface area contributed by atoms with Crippen LogP contribution in [0.5, 0.6) is 0 Å². The molecule has 2 rings (SSSR count). The summed E-state index contributed by atoms with van der Waals surface area (Å²) in [7, 11) is 1.81. The first kappa shape index (κ1) is 13.4. The van der Waals surface area contributed by atoms with Crippen molar-refractivity contribution in [3.05, 3.63) is 5.82 Å². The summed E-state index contributed by atoms with van der Waals surface area (Å²) in [6.45, 7) is 9.65. The minimum Gasteiger partial charge on any atom is -0.311 e. The van der Waals surface area contributed by atoms with Gasteiger partial charge in [0.1, 0.15) is 0 Å². The van der Waals surface area contributed by atoms with Crippen molar-refractivity contribution in [1.82, 2.24) is 30.4 Å². The van der Waals surface area contributed by atoms with Crippen LogP contribution in [0.1, 0.15) is 39.4 Å². The van der Waals surface area contributed by atoms with Crippen LogP contribution in [0.25, 0.3) is 0 Å². The molecule has 18 heavy (non-hydrogen) atoms. The van der Waals surface area contributed by atoms with Gasteiger partial charge >= 0.3 is 0 Å². The first-order valence-corrected chi connectivity index (χ1v) is 6.78. The van der Waals surface area contributed by atoms with Crippen molar-refractivity contribution >= 4 is 0 Å². The Morgan fingerprint density at radius 1 is 1.44 bits per heavy atom. The van der Waals surface area contributed by atoms with Gasteiger partial charge in [0, 0.05) is 24.7 Å². The number of aromatic nitrogens is 4. The SMILES string of the molecule is CCC1CN(Cc2nnn(C)n2)C(C)(CC)CN1. The van der Waals surface area contributed by atoms with Crippen molar-refractivity contribution in [3.63, 3.8) is 0 Å². The number of nitrogens with zero attached hydrogens (tertiary/aromatic N) is 5. The van der Waals surface area contributed by atoms with Gasteiger partial charge in [-0.1, -0.05) is 13.8 Å². The van der Waals surface area contributed by atoms with Gasteiger partial charge in [-0.05, 0) is 25.0 Å². The lowest BCUT2D eigenvalue weighted by Gasteiger charge is -2.47. The van der Waals surface area contributed by atoms with Crippen LogP contribution in [0.15, 0.2) is 0 Å². The summed E-state index contributed by atoms with van der Waals surface area (Å²) in [6, 6.07) is 0.571. The lowest BCUT2D eigenvalue weighted by atomic mass is 9.91. The first-order valence-electron chi connectivity index (χ1n) is 6.78. The summed E-state index contributed by atoms with van der Waals surface area (Å²) in [5.74, 6) is 0.814. The summed E-state index contributed by atoms with van der Waals surface area (Å²) >= 11 is 0. The highest BCUT2D eigenvalue weighted by atomic mass is 15.6. The summed E-state index contributed by atoms with van der Waals surface area (Å²) in [4.78, 5) is 4.02. The fraction of sp³-hybridized carbons (Fsp3) is 0.917. The average Bonchev–Trinajstić information content (AvgIpc) is 2.78. The van der Waals surface area contributed by atoms with E-state index in [9.17, 15) is 0 Å². The molecule has 1 aliphatic heterocycles. The molecule has 1 aliphatic rings. The van der Waals surface area contributed by atoms with Crippen LogP contribution in [-0.4, -0.2) is 49.8 Å². The normalized spacial score (nSPS) is 29.7. The second kappa shape index (κ2) is 5.32. The van der Waals surface area contributed by atoms with E-state index >= 15 is 0 Å². The summed E-state index contributed by atoms with van der Waals surface area (Å²) in [5.41, 5.74) is 0.185. The van der Waals surface area contributed by atoms with Crippen molar-refractivity contribution < 1.29 is 0 Å². The highest BCUT2D eigenvalue weighted by Crippen LogP contribution is 2.24. The lowest BCUT2D eigenvalue weighted by Crippen LogP contribution is -2.62. The molecule has 0 radical (unpaired) electrons. The molecule has 102 valence electrons. The molecule has 1 saturated heterocycles. The molecule has 6 heteroatoms. The molecule has 0 bridgehead atoms. The smallest absolute Gasteiger partial charge is 0.188 e. The van der Waals surface area contributed by atoms with E-state index in [-0.39, 0.29) is 5.54 Å². The lowest BCUT2D eigenvalue weighted by molar-refractivity contribution is 0.0385. The summed E-state index contributed by atoms with van der Waals surface area (Å²) in [5, 5.41) is 15.9. The Bertz CT molecular complexity index is 390. The molecule has 0 amide bonds. The third-order valence-corrected chi connectivity index (χ3v) is 4.11. The van der Waals surface area contributed by atoms with E-state index in [1.54, 1.807) is 0 Å². The summed E-state index contributed by atoms with van der Waals surface area (Å²) in [6.07, 6.45) is 2.28. The Hall–Kier alpha value is -1.01. The van der Waals surface area contributed by atoms with E-state index in [4.69, 9.17) is 0 Å². The third-order valence-electron chi connectivity index (χ3n) is 4.11. The summed E-state index contributed by atoms with van der Waals surface area (Å²) < 4.78 is 0. The minimum atomic E-state index is 0.185. The van der Waals surface area contributed by atoms with Crippen LogP contribution in [0.3, 0.4) is 0 Å². The fourth-order valence-corrected chi connectivity index (χ4v) is 2.46. The molecular formula is C12H24N6. The Kier molecular flexibility index (Phi) is 3.97. The Morgan fingerprint density at radius 2 is 2.22 bits per heavy atom. The van der Waals surface area contributed by atoms with Crippen LogP contribution >= 0.6 is 0 Å². The number of aryl methyl sites for hydroxylation is 1. The largest absolute Gasteiger partial charge is 0.311 e. The minimum absolute atomic E-state index is 0.185. The van der Waals surface area contributed by atoms with Crippen LogP contribution in [-0.2, 0) is 13.6 Å². The number of hydrogen-bond acceptors (Lipinski definition) is 5. The van der Waals surface area contributed by atoms with Crippen molar-refractivity contribution in [3.8, 4) is 0 Å². The number of nitrogens with one attached hydrogen (secondary N) is 1. The molecule has 0 aromatic carbocycles. The maximum atomic E-state index is 4.29. The molecule has 0 spiro atoms. The van der Waals surface area contributed by atoms with Crippen LogP contribution in [0, 0.1) is 0 Å². The maximum Gasteiger partial charge on any atom is 0.188 e. The molecule has 2 heterocycles. The van der Waals surface area contributed by atoms with Crippen molar-refractivity contribution in [2.45, 2.75) is 51.7 Å². The monoisotopic (exact) mass is 252 g/mol. The van der Waals surface area contributed by atoms with Gasteiger partial charge in [-0.2, -0.15) is 4.80 Å². The van der Waals surface area contributed by atoms with E-state index in [1.165, 1.54) is 4.80 Å². The molecule has 0 saturated carbocycles. The molecule has 0 aliphatic carbocycles. The highest BCUT2D eigenvalue weighted by Gasteiger charge is 2.36. The second-order valence-corrected chi connectivity index (χ2v) is 5.41. The Balaban J connectivity index is 2.10. The van der Waals surface area contributed by atoms with Crippen LogP contribution in [0.4, 0.5) is 0 Å². The number of hydrogen-bond donors (Lipinski definition) is 1. The van der Waals surface area contributed by atoms with Gasteiger partial charge in [0.2, 0.25) is 0 Å². The van der Waals surface area contributed by atoms with Gasteiger partial charge in [0.15, 0.2) is 5.82 Å². The van der Waals surface area contributed by atoms with Gasteiger partial charge < -0.3 is 5.32 Å². The maximum absolute atomic E-state index is 4.29. The predicted octanol–water partition coefficient (Wildman–Crippen LogP) is 0.563. The van der Waals surface area contributed by atoms with E-state index in [0.29, 0.717) is 6.04 Å². The van der Waals surface area contributed by atoms with Crippen molar-refractivity contribution in [2.24, 2.45) is 7.05 Å². The first-order chi connectivity index (χ1) is 8.57. The molecule has 1 fully saturated rings. The van der Waals surface area contributed by atoms with Gasteiger partial charge in [-0.25, -0.2) is 0 Å². The van der Waals surface area contributed by atoms with Gasteiger partial charge in [-0.3, -0.25) is 4.90 Å². The van der Waals surface area contributed by atoms with E-state index < -0.39 is 0 Å². The number of piperazine rings is 1. The van der Waals surface area contributed by atoms with Crippen molar-refractivity contribution in [1.29, 1.82) is 0 Å². The topological polar surface area (TPSA) is 58.9 Å². The van der Waals surface area contributed by atoms with Crippen LogP contribution in [0.2, 0.25) is 0 Å². The zero-order valence-corrected chi connectivity index (χ0v) is 11.8. The van der Waals surface area contributed by atoms with Gasteiger partial charge in [0.25, 0.3) is 0 Å². The van der Waals surface area contributed by atoms with E-state index in [0.717, 1.165) is 38.3 Å². The van der Waals surface area contributed by atoms with E-state index in [1.807, 2.05) is 7.05 Å². The Labute approximate surface area is 109 Å². The Morgan fingerprint density at radius 3 is 2.78 bits per heavy atom. The molecule has 1 aromatic heterocycles. The van der Waals surface area contributed by atoms with Gasteiger partial charge in [0.05, 0.1) is 13.6 Å². The highest BCUT2D eigenvalue weighted by molar-refractivity contribution is 4.96. The number of tetrazole rings is 1. The third kappa shape index (κ3) is 2.70. The fourth-order valence-electron chi connectivity index (χ4n) is 2.46. The van der Waals surface area contributed by atoms with Crippen molar-refractivity contribution in [2.75, 3.05) is 13.1 Å². The average molecular weight is 252 g/mol. The van der Waals surface area contributed by atoms with E-state index in [2.05, 4.69) is 46.4 Å². The zero-order chi connectivity index (χ0) is 13.2. The zero-order valence-electron chi connectivity index (χ0n) is 11.8. The second-order valence-electron chi connectivity index (χ2n) is 5.41. The van der Waals surface area contributed by atoms with Crippen LogP contribution < -0.4 is 5.32 Å². The predicted molar refractivity (Wildman–Crippen MR) is 70.0 cm³/mol.